The lowest BCUT2D eigenvalue weighted by Crippen LogP contribution is -1.85. The van der Waals surface area contributed by atoms with Crippen LogP contribution in [0.3, 0.4) is 0 Å². The van der Waals surface area contributed by atoms with Crippen molar-refractivity contribution in [2.75, 3.05) is 0 Å². The van der Waals surface area contributed by atoms with Gasteiger partial charge in [-0.3, -0.25) is 10.1 Å². The molecule has 18 heavy (non-hydrogen) atoms. The number of hydrogen-bond donors (Lipinski definition) is 0. The van der Waals surface area contributed by atoms with Crippen molar-refractivity contribution in [3.63, 3.8) is 0 Å². The van der Waals surface area contributed by atoms with Crippen molar-refractivity contribution in [2.24, 2.45) is 9.63 Å². The Morgan fingerprint density at radius 2 is 1.67 bits per heavy atom. The standard InChI is InChI=1S/C12H9N3O2S/c16-15(17)11-8-6-10(7-9-11)13-14-18-12-4-2-1-3-5-12/h1-9H. The van der Waals surface area contributed by atoms with E-state index in [0.717, 1.165) is 4.90 Å². The van der Waals surface area contributed by atoms with Crippen LogP contribution >= 0.6 is 11.9 Å². The molecule has 0 aromatic heterocycles. The second kappa shape index (κ2) is 5.92. The Kier molecular flexibility index (Phi) is 4.03. The predicted molar refractivity (Wildman–Crippen MR) is 69.9 cm³/mol. The first-order chi connectivity index (χ1) is 8.75. The van der Waals surface area contributed by atoms with Gasteiger partial charge >= 0.3 is 0 Å². The van der Waals surface area contributed by atoms with E-state index in [2.05, 4.69) is 9.63 Å². The third-order valence-electron chi connectivity index (χ3n) is 2.11. The van der Waals surface area contributed by atoms with E-state index in [1.807, 2.05) is 30.3 Å². The maximum Gasteiger partial charge on any atom is 0.269 e. The summed E-state index contributed by atoms with van der Waals surface area (Å²) >= 11 is 1.25. The molecule has 2 aromatic carbocycles. The predicted octanol–water partition coefficient (Wildman–Crippen LogP) is 4.39. The molecule has 0 aliphatic carbocycles. The molecule has 0 unspecified atom stereocenters. The highest BCUT2D eigenvalue weighted by Gasteiger charge is 2.02. The fourth-order valence-corrected chi connectivity index (χ4v) is 1.75. The normalized spacial score (nSPS) is 10.7. The smallest absolute Gasteiger partial charge is 0.258 e. The maximum absolute atomic E-state index is 10.5. The first-order valence-electron chi connectivity index (χ1n) is 5.13. The van der Waals surface area contributed by atoms with Crippen LogP contribution in [0.2, 0.25) is 0 Å². The van der Waals surface area contributed by atoms with Crippen molar-refractivity contribution < 1.29 is 4.92 Å². The van der Waals surface area contributed by atoms with Gasteiger partial charge in [0.05, 0.1) is 10.6 Å². The second-order valence-electron chi connectivity index (χ2n) is 3.36. The van der Waals surface area contributed by atoms with Gasteiger partial charge in [-0.1, -0.05) is 18.2 Å². The van der Waals surface area contributed by atoms with E-state index in [-0.39, 0.29) is 5.69 Å². The van der Waals surface area contributed by atoms with Gasteiger partial charge in [0.25, 0.3) is 5.69 Å². The van der Waals surface area contributed by atoms with E-state index in [1.54, 1.807) is 12.1 Å². The molecule has 0 fully saturated rings. The lowest BCUT2D eigenvalue weighted by molar-refractivity contribution is -0.384. The van der Waals surface area contributed by atoms with Gasteiger partial charge in [0.15, 0.2) is 0 Å². The van der Waals surface area contributed by atoms with Gasteiger partial charge in [-0.2, -0.15) is 0 Å². The van der Waals surface area contributed by atoms with E-state index in [0.29, 0.717) is 5.69 Å². The summed E-state index contributed by atoms with van der Waals surface area (Å²) in [5.41, 5.74) is 0.633. The summed E-state index contributed by atoms with van der Waals surface area (Å²) in [4.78, 5) is 11.0. The Morgan fingerprint density at radius 3 is 2.28 bits per heavy atom. The van der Waals surface area contributed by atoms with Gasteiger partial charge in [0.1, 0.15) is 0 Å². The van der Waals surface area contributed by atoms with Crippen LogP contribution in [0.1, 0.15) is 0 Å². The minimum absolute atomic E-state index is 0.0460. The van der Waals surface area contributed by atoms with Gasteiger partial charge in [-0.15, -0.1) is 9.63 Å². The third kappa shape index (κ3) is 3.39. The molecule has 90 valence electrons. The van der Waals surface area contributed by atoms with E-state index in [1.165, 1.54) is 24.1 Å². The van der Waals surface area contributed by atoms with Gasteiger partial charge in [0, 0.05) is 29.0 Å². The van der Waals surface area contributed by atoms with Crippen LogP contribution in [-0.4, -0.2) is 4.92 Å². The second-order valence-corrected chi connectivity index (χ2v) is 4.18. The summed E-state index contributed by atoms with van der Waals surface area (Å²) in [6.07, 6.45) is 0. The molecule has 0 amide bonds. The summed E-state index contributed by atoms with van der Waals surface area (Å²) < 4.78 is 3.96. The molecule has 0 aliphatic heterocycles. The van der Waals surface area contributed by atoms with Crippen molar-refractivity contribution >= 4 is 23.3 Å². The Bertz CT molecular complexity index is 555. The molecule has 0 bridgehead atoms. The molecule has 0 N–H and O–H groups in total. The van der Waals surface area contributed by atoms with Crippen molar-refractivity contribution in [2.45, 2.75) is 4.90 Å². The molecule has 0 atom stereocenters. The summed E-state index contributed by atoms with van der Waals surface area (Å²) in [7, 11) is 0. The summed E-state index contributed by atoms with van der Waals surface area (Å²) in [6, 6.07) is 15.6. The molecule has 0 saturated carbocycles. The van der Waals surface area contributed by atoms with E-state index in [4.69, 9.17) is 0 Å². The van der Waals surface area contributed by atoms with Crippen LogP contribution in [0.4, 0.5) is 11.4 Å². The van der Waals surface area contributed by atoms with Crippen molar-refractivity contribution in [1.82, 2.24) is 0 Å². The molecule has 0 aliphatic rings. The lowest BCUT2D eigenvalue weighted by atomic mass is 10.3. The summed E-state index contributed by atoms with van der Waals surface area (Å²) in [6.45, 7) is 0. The highest BCUT2D eigenvalue weighted by atomic mass is 32.2. The number of nitro benzene ring substituents is 1. The Labute approximate surface area is 108 Å². The minimum Gasteiger partial charge on any atom is -0.258 e. The molecular formula is C12H9N3O2S. The van der Waals surface area contributed by atoms with Crippen molar-refractivity contribution in [3.05, 3.63) is 64.7 Å². The first-order valence-corrected chi connectivity index (χ1v) is 5.90. The highest BCUT2D eigenvalue weighted by molar-refractivity contribution is 7.97. The van der Waals surface area contributed by atoms with Crippen molar-refractivity contribution in [1.29, 1.82) is 0 Å². The van der Waals surface area contributed by atoms with Crippen LogP contribution in [0.25, 0.3) is 0 Å². The van der Waals surface area contributed by atoms with Gasteiger partial charge in [-0.25, -0.2) is 0 Å². The molecule has 5 nitrogen and oxygen atoms in total. The van der Waals surface area contributed by atoms with Crippen LogP contribution in [-0.2, 0) is 0 Å². The number of non-ortho nitro benzene ring substituents is 1. The SMILES string of the molecule is O=[N+]([O-])c1ccc(N=NSc2ccccc2)cc1. The van der Waals surface area contributed by atoms with Crippen LogP contribution in [0.15, 0.2) is 69.1 Å². The zero-order chi connectivity index (χ0) is 12.8. The van der Waals surface area contributed by atoms with Crippen LogP contribution in [0.5, 0.6) is 0 Å². The number of hydrogen-bond acceptors (Lipinski definition) is 5. The molecular weight excluding hydrogens is 250 g/mol. The molecule has 0 heterocycles. The topological polar surface area (TPSA) is 67.9 Å². The zero-order valence-electron chi connectivity index (χ0n) is 9.26. The number of benzene rings is 2. The van der Waals surface area contributed by atoms with Gasteiger partial charge in [0.2, 0.25) is 0 Å². The van der Waals surface area contributed by atoms with Gasteiger partial charge < -0.3 is 0 Å². The first kappa shape index (κ1) is 12.3. The zero-order valence-corrected chi connectivity index (χ0v) is 10.1. The molecule has 6 heteroatoms. The van der Waals surface area contributed by atoms with Crippen molar-refractivity contribution in [3.8, 4) is 0 Å². The molecule has 0 radical (unpaired) electrons. The van der Waals surface area contributed by atoms with Crippen LogP contribution in [0, 0.1) is 10.1 Å². The Hall–Kier alpha value is -2.21. The van der Waals surface area contributed by atoms with Gasteiger partial charge in [-0.05, 0) is 24.3 Å². The molecule has 0 spiro atoms. The minimum atomic E-state index is -0.445. The summed E-state index contributed by atoms with van der Waals surface area (Å²) in [5.74, 6) is 0. The molecule has 0 saturated heterocycles. The molecule has 2 rings (SSSR count). The lowest BCUT2D eigenvalue weighted by Gasteiger charge is -1.93. The fraction of sp³-hybridized carbons (Fsp3) is 0. The number of rotatable bonds is 4. The summed E-state index contributed by atoms with van der Waals surface area (Å²) in [5, 5.41) is 14.4. The van der Waals surface area contributed by atoms with E-state index in [9.17, 15) is 10.1 Å². The largest absolute Gasteiger partial charge is 0.269 e. The average molecular weight is 259 g/mol. The number of nitrogens with zero attached hydrogens (tertiary/aromatic N) is 3. The van der Waals surface area contributed by atoms with Crippen LogP contribution < -0.4 is 0 Å². The fourth-order valence-electron chi connectivity index (χ4n) is 1.24. The van der Waals surface area contributed by atoms with E-state index >= 15 is 0 Å². The highest BCUT2D eigenvalue weighted by Crippen LogP contribution is 2.23. The maximum atomic E-state index is 10.5. The quantitative estimate of drug-likeness (QED) is 0.354. The molecule has 2 aromatic rings. The Morgan fingerprint density at radius 1 is 1.00 bits per heavy atom. The number of nitro groups is 1. The average Bonchev–Trinajstić information content (AvgIpc) is 2.40. The van der Waals surface area contributed by atoms with E-state index < -0.39 is 4.92 Å². The third-order valence-corrected chi connectivity index (χ3v) is 2.75. The Balaban J connectivity index is 1.99. The monoisotopic (exact) mass is 259 g/mol.